The number of hydrogen-bond acceptors (Lipinski definition) is 7. The summed E-state index contributed by atoms with van der Waals surface area (Å²) in [4.78, 5) is 27.1. The van der Waals surface area contributed by atoms with Gasteiger partial charge in [0.2, 0.25) is 0 Å². The zero-order valence-corrected chi connectivity index (χ0v) is 22.4. The minimum atomic E-state index is -0.718. The van der Waals surface area contributed by atoms with Crippen LogP contribution in [0.4, 0.5) is 0 Å². The lowest BCUT2D eigenvalue weighted by Crippen LogP contribution is -2.36. The first kappa shape index (κ1) is 26.6. The molecule has 1 aliphatic carbocycles. The quantitative estimate of drug-likeness (QED) is 0.443. The minimum absolute atomic E-state index is 0.0235. The first-order valence-corrected chi connectivity index (χ1v) is 12.8. The van der Waals surface area contributed by atoms with Crippen LogP contribution >= 0.6 is 11.6 Å². The van der Waals surface area contributed by atoms with Crippen molar-refractivity contribution in [2.45, 2.75) is 58.5 Å². The highest BCUT2D eigenvalue weighted by Gasteiger charge is 2.42. The van der Waals surface area contributed by atoms with Crippen molar-refractivity contribution in [2.75, 3.05) is 13.7 Å². The number of allylic oxidation sites excluding steroid dienone is 3. The van der Waals surface area contributed by atoms with E-state index in [1.165, 1.54) is 0 Å². The molecule has 0 saturated carbocycles. The van der Waals surface area contributed by atoms with Gasteiger partial charge >= 0.3 is 5.97 Å². The van der Waals surface area contributed by atoms with Crippen molar-refractivity contribution >= 4 is 23.4 Å². The van der Waals surface area contributed by atoms with E-state index in [1.807, 2.05) is 24.3 Å². The van der Waals surface area contributed by atoms with Gasteiger partial charge in [0.05, 0.1) is 30.4 Å². The molecular weight excluding hydrogens is 494 g/mol. The van der Waals surface area contributed by atoms with Gasteiger partial charge in [0.1, 0.15) is 5.75 Å². The average molecular weight is 526 g/mol. The maximum absolute atomic E-state index is 13.8. The van der Waals surface area contributed by atoms with E-state index in [9.17, 15) is 14.7 Å². The van der Waals surface area contributed by atoms with Crippen molar-refractivity contribution in [3.05, 3.63) is 75.1 Å². The average Bonchev–Trinajstić information content (AvgIpc) is 2.85. The Morgan fingerprint density at radius 2 is 1.86 bits per heavy atom. The molecule has 0 spiro atoms. The van der Waals surface area contributed by atoms with Gasteiger partial charge in [0.25, 0.3) is 0 Å². The number of aromatic hydroxyl groups is 1. The highest BCUT2D eigenvalue weighted by molar-refractivity contribution is 6.32. The van der Waals surface area contributed by atoms with Crippen LogP contribution in [0.1, 0.15) is 63.5 Å². The molecule has 0 saturated heterocycles. The zero-order valence-electron chi connectivity index (χ0n) is 21.7. The van der Waals surface area contributed by atoms with Gasteiger partial charge in [0.15, 0.2) is 17.3 Å². The minimum Gasteiger partial charge on any atom is -0.503 e. The first-order chi connectivity index (χ1) is 17.6. The molecule has 37 heavy (non-hydrogen) atoms. The zero-order chi connectivity index (χ0) is 26.9. The molecule has 2 aliphatic rings. The number of ether oxygens (including phenoxy) is 3. The number of phenolic OH excluding ortho intramolecular Hbond substituents is 1. The van der Waals surface area contributed by atoms with E-state index in [-0.39, 0.29) is 34.3 Å². The number of phenols is 1. The third-order valence-electron chi connectivity index (χ3n) is 6.66. The highest BCUT2D eigenvalue weighted by atomic mass is 35.5. The van der Waals surface area contributed by atoms with Crippen molar-refractivity contribution in [3.63, 3.8) is 0 Å². The van der Waals surface area contributed by atoms with Gasteiger partial charge in [-0.05, 0) is 75.4 Å². The fraction of sp³-hybridized carbons (Fsp3) is 0.379. The van der Waals surface area contributed by atoms with Crippen LogP contribution in [0, 0.1) is 0 Å². The fourth-order valence-corrected chi connectivity index (χ4v) is 5.28. The molecule has 0 unspecified atom stereocenters. The molecule has 2 N–H and O–H groups in total. The number of rotatable bonds is 7. The molecule has 8 heteroatoms. The largest absolute Gasteiger partial charge is 0.503 e. The molecule has 0 bridgehead atoms. The SMILES string of the molecule is CCOc1cc([C@@H]2C(C(=O)OC(C)C)=C(C)NC3=C2C(=O)C[C@H](c2ccc(OC)cc2)C3)cc(Cl)c1O. The molecule has 2 aromatic rings. The van der Waals surface area contributed by atoms with Crippen LogP contribution < -0.4 is 14.8 Å². The Labute approximate surface area is 222 Å². The second kappa shape index (κ2) is 10.9. The Balaban J connectivity index is 1.83. The Kier molecular flexibility index (Phi) is 7.83. The van der Waals surface area contributed by atoms with E-state index in [0.29, 0.717) is 41.9 Å². The van der Waals surface area contributed by atoms with Crippen molar-refractivity contribution in [2.24, 2.45) is 0 Å². The lowest BCUT2D eigenvalue weighted by molar-refractivity contribution is -0.143. The van der Waals surface area contributed by atoms with Crippen molar-refractivity contribution < 1.29 is 28.9 Å². The van der Waals surface area contributed by atoms with Crippen molar-refractivity contribution in [3.8, 4) is 17.2 Å². The number of benzene rings is 2. The smallest absolute Gasteiger partial charge is 0.337 e. The number of hydrogen-bond donors (Lipinski definition) is 2. The molecule has 0 fully saturated rings. The summed E-state index contributed by atoms with van der Waals surface area (Å²) >= 11 is 6.37. The van der Waals surface area contributed by atoms with Crippen LogP contribution in [0.2, 0.25) is 5.02 Å². The predicted octanol–water partition coefficient (Wildman–Crippen LogP) is 5.77. The summed E-state index contributed by atoms with van der Waals surface area (Å²) in [6, 6.07) is 11.0. The predicted molar refractivity (Wildman–Crippen MR) is 141 cm³/mol. The van der Waals surface area contributed by atoms with E-state index in [1.54, 1.807) is 46.9 Å². The normalized spacial score (nSPS) is 19.5. The number of carbonyl (C=O) groups excluding carboxylic acids is 2. The Bertz CT molecular complexity index is 1280. The molecule has 1 heterocycles. The summed E-state index contributed by atoms with van der Waals surface area (Å²) in [5.41, 5.74) is 3.84. The summed E-state index contributed by atoms with van der Waals surface area (Å²) in [7, 11) is 1.62. The Hall–Kier alpha value is -3.45. The molecule has 196 valence electrons. The Morgan fingerprint density at radius 1 is 1.16 bits per heavy atom. The second-order valence-electron chi connectivity index (χ2n) is 9.53. The van der Waals surface area contributed by atoms with Crippen LogP contribution in [-0.4, -0.2) is 36.7 Å². The molecule has 4 rings (SSSR count). The number of halogens is 1. The summed E-state index contributed by atoms with van der Waals surface area (Å²) in [5, 5.41) is 13.8. The topological polar surface area (TPSA) is 94.1 Å². The molecule has 7 nitrogen and oxygen atoms in total. The highest BCUT2D eigenvalue weighted by Crippen LogP contribution is 2.48. The lowest BCUT2D eigenvalue weighted by Gasteiger charge is -2.37. The summed E-state index contributed by atoms with van der Waals surface area (Å²) in [6.07, 6.45) is 0.546. The van der Waals surface area contributed by atoms with Crippen LogP contribution in [0.15, 0.2) is 58.9 Å². The lowest BCUT2D eigenvalue weighted by atomic mass is 9.71. The standard InChI is InChI=1S/C29H32ClNO6/c1-6-36-24-14-19(11-21(30)28(24)33)26-25(29(34)37-15(2)3)16(4)31-22-12-18(13-23(32)27(22)26)17-7-9-20(35-5)10-8-17/h7-11,14-15,18,26,31,33H,6,12-13H2,1-5H3/t18-,26-/m1/s1. The van der Waals surface area contributed by atoms with Gasteiger partial charge in [-0.2, -0.15) is 0 Å². The van der Waals surface area contributed by atoms with Gasteiger partial charge in [-0.1, -0.05) is 23.7 Å². The van der Waals surface area contributed by atoms with Crippen molar-refractivity contribution in [1.29, 1.82) is 0 Å². The first-order valence-electron chi connectivity index (χ1n) is 12.4. The van der Waals surface area contributed by atoms with Gasteiger partial charge < -0.3 is 24.6 Å². The van der Waals surface area contributed by atoms with E-state index < -0.39 is 11.9 Å². The van der Waals surface area contributed by atoms with Crippen LogP contribution in [0.3, 0.4) is 0 Å². The summed E-state index contributed by atoms with van der Waals surface area (Å²) in [5.74, 6) is -0.555. The van der Waals surface area contributed by atoms with E-state index in [4.69, 9.17) is 25.8 Å². The summed E-state index contributed by atoms with van der Waals surface area (Å²) < 4.78 is 16.4. The number of esters is 1. The molecule has 2 atom stereocenters. The molecular formula is C29H32ClNO6. The number of ketones is 1. The third kappa shape index (κ3) is 5.32. The van der Waals surface area contributed by atoms with E-state index >= 15 is 0 Å². The summed E-state index contributed by atoms with van der Waals surface area (Å²) in [6.45, 7) is 7.47. The van der Waals surface area contributed by atoms with Gasteiger partial charge in [-0.25, -0.2) is 4.79 Å². The van der Waals surface area contributed by atoms with Gasteiger partial charge in [-0.15, -0.1) is 0 Å². The van der Waals surface area contributed by atoms with E-state index in [2.05, 4.69) is 5.32 Å². The molecule has 0 amide bonds. The molecule has 2 aromatic carbocycles. The van der Waals surface area contributed by atoms with Crippen molar-refractivity contribution in [1.82, 2.24) is 5.32 Å². The molecule has 1 aliphatic heterocycles. The third-order valence-corrected chi connectivity index (χ3v) is 6.95. The number of Topliss-reactive ketones (excluding diaryl/α,β-unsaturated/α-hetero) is 1. The maximum atomic E-state index is 13.8. The molecule has 0 radical (unpaired) electrons. The fourth-order valence-electron chi connectivity index (χ4n) is 5.06. The number of carbonyl (C=O) groups is 2. The van der Waals surface area contributed by atoms with Gasteiger partial charge in [-0.3, -0.25) is 4.79 Å². The second-order valence-corrected chi connectivity index (χ2v) is 9.93. The van der Waals surface area contributed by atoms with Crippen LogP contribution in [0.5, 0.6) is 17.2 Å². The molecule has 0 aromatic heterocycles. The maximum Gasteiger partial charge on any atom is 0.337 e. The number of nitrogens with one attached hydrogen (secondary N) is 1. The monoisotopic (exact) mass is 525 g/mol. The van der Waals surface area contributed by atoms with Gasteiger partial charge in [0, 0.05) is 29.3 Å². The van der Waals surface area contributed by atoms with E-state index in [0.717, 1.165) is 17.0 Å². The Morgan fingerprint density at radius 3 is 2.49 bits per heavy atom. The number of methoxy groups -OCH3 is 1. The number of dihydropyridines is 1. The van der Waals surface area contributed by atoms with Crippen LogP contribution in [0.25, 0.3) is 0 Å². The van der Waals surface area contributed by atoms with Crippen LogP contribution in [-0.2, 0) is 14.3 Å².